The van der Waals surface area contributed by atoms with E-state index >= 15 is 0 Å². The highest BCUT2D eigenvalue weighted by molar-refractivity contribution is 6.17. The second-order valence-corrected chi connectivity index (χ2v) is 2.63. The van der Waals surface area contributed by atoms with Crippen LogP contribution in [-0.4, -0.2) is 4.98 Å². The van der Waals surface area contributed by atoms with Gasteiger partial charge >= 0.3 is 6.18 Å². The maximum atomic E-state index is 12.0. The van der Waals surface area contributed by atoms with Crippen molar-refractivity contribution in [3.8, 4) is 0 Å². The van der Waals surface area contributed by atoms with Gasteiger partial charge in [0.2, 0.25) is 0 Å². The van der Waals surface area contributed by atoms with Crippen molar-refractivity contribution in [2.45, 2.75) is 12.1 Å². The molecule has 1 heterocycles. The molecule has 0 saturated carbocycles. The standard InChI is InChI=1S/C7H5ClF3NO/c8-3-4-1-2-5(7(9,10)11)12-6(4)13/h1-2H,3H2,(H,12,13). The van der Waals surface area contributed by atoms with Crippen molar-refractivity contribution in [3.05, 3.63) is 33.7 Å². The zero-order chi connectivity index (χ0) is 10.1. The summed E-state index contributed by atoms with van der Waals surface area (Å²) in [7, 11) is 0. The molecule has 1 N–H and O–H groups in total. The van der Waals surface area contributed by atoms with Gasteiger partial charge in [0.05, 0.1) is 5.88 Å². The van der Waals surface area contributed by atoms with E-state index in [9.17, 15) is 18.0 Å². The number of alkyl halides is 4. The first-order valence-electron chi connectivity index (χ1n) is 3.30. The highest BCUT2D eigenvalue weighted by Gasteiger charge is 2.31. The van der Waals surface area contributed by atoms with Crippen molar-refractivity contribution >= 4 is 11.6 Å². The molecule has 0 radical (unpaired) electrons. The third-order valence-corrected chi connectivity index (χ3v) is 1.73. The van der Waals surface area contributed by atoms with Crippen molar-refractivity contribution in [1.29, 1.82) is 0 Å². The predicted molar refractivity (Wildman–Crippen MR) is 41.6 cm³/mol. The number of nitrogens with one attached hydrogen (secondary N) is 1. The molecule has 0 aliphatic carbocycles. The third kappa shape index (κ3) is 2.24. The van der Waals surface area contributed by atoms with E-state index in [-0.39, 0.29) is 11.4 Å². The van der Waals surface area contributed by atoms with E-state index in [1.165, 1.54) is 0 Å². The number of pyridine rings is 1. The van der Waals surface area contributed by atoms with Crippen LogP contribution >= 0.6 is 11.6 Å². The van der Waals surface area contributed by atoms with Gasteiger partial charge in [0, 0.05) is 5.56 Å². The van der Waals surface area contributed by atoms with Crippen LogP contribution in [0.5, 0.6) is 0 Å². The van der Waals surface area contributed by atoms with Gasteiger partial charge in [0.1, 0.15) is 5.69 Å². The SMILES string of the molecule is O=c1[nH]c(C(F)(F)F)ccc1CCl. The molecule has 0 saturated heterocycles. The minimum absolute atomic E-state index is 0.104. The van der Waals surface area contributed by atoms with Gasteiger partial charge in [-0.15, -0.1) is 11.6 Å². The van der Waals surface area contributed by atoms with Crippen molar-refractivity contribution in [2.24, 2.45) is 0 Å². The number of hydrogen-bond acceptors (Lipinski definition) is 1. The molecule has 0 amide bonds. The number of halogens is 4. The maximum absolute atomic E-state index is 12.0. The van der Waals surface area contributed by atoms with Crippen LogP contribution in [0.4, 0.5) is 13.2 Å². The Hall–Kier alpha value is -0.970. The molecule has 0 bridgehead atoms. The molecule has 1 aromatic heterocycles. The number of rotatable bonds is 1. The zero-order valence-electron chi connectivity index (χ0n) is 6.28. The lowest BCUT2D eigenvalue weighted by molar-refractivity contribution is -0.141. The lowest BCUT2D eigenvalue weighted by Crippen LogP contribution is -2.18. The molecule has 0 aliphatic rings. The molecule has 6 heteroatoms. The van der Waals surface area contributed by atoms with Gasteiger partial charge in [0.15, 0.2) is 0 Å². The monoisotopic (exact) mass is 211 g/mol. The van der Waals surface area contributed by atoms with Gasteiger partial charge < -0.3 is 4.98 Å². The Morgan fingerprint density at radius 3 is 2.38 bits per heavy atom. The Labute approximate surface area is 76.3 Å². The Balaban J connectivity index is 3.18. The number of aromatic amines is 1. The molecule has 72 valence electrons. The number of H-pyrrole nitrogens is 1. The lowest BCUT2D eigenvalue weighted by Gasteiger charge is -2.05. The van der Waals surface area contributed by atoms with Gasteiger partial charge in [0.25, 0.3) is 5.56 Å². The van der Waals surface area contributed by atoms with E-state index < -0.39 is 17.4 Å². The van der Waals surface area contributed by atoms with Crippen molar-refractivity contribution in [1.82, 2.24) is 4.98 Å². The molecule has 0 aromatic carbocycles. The van der Waals surface area contributed by atoms with Crippen LogP contribution in [0.2, 0.25) is 0 Å². The first-order chi connectivity index (χ1) is 5.95. The highest BCUT2D eigenvalue weighted by atomic mass is 35.5. The second kappa shape index (κ2) is 3.41. The van der Waals surface area contributed by atoms with E-state index in [1.54, 1.807) is 4.98 Å². The normalized spacial score (nSPS) is 11.7. The van der Waals surface area contributed by atoms with Gasteiger partial charge in [-0.2, -0.15) is 13.2 Å². The molecule has 0 unspecified atom stereocenters. The largest absolute Gasteiger partial charge is 0.431 e. The minimum Gasteiger partial charge on any atom is -0.318 e. The van der Waals surface area contributed by atoms with Crippen molar-refractivity contribution in [2.75, 3.05) is 0 Å². The number of aromatic nitrogens is 1. The fourth-order valence-electron chi connectivity index (χ4n) is 0.774. The summed E-state index contributed by atoms with van der Waals surface area (Å²) in [6.07, 6.45) is -4.52. The van der Waals surface area contributed by atoms with E-state index in [0.717, 1.165) is 12.1 Å². The molecule has 13 heavy (non-hydrogen) atoms. The Morgan fingerprint density at radius 1 is 1.38 bits per heavy atom. The topological polar surface area (TPSA) is 32.9 Å². The molecule has 1 rings (SSSR count). The van der Waals surface area contributed by atoms with Crippen LogP contribution in [0.25, 0.3) is 0 Å². The molecule has 0 fully saturated rings. The summed E-state index contributed by atoms with van der Waals surface area (Å²) >= 11 is 5.30. The van der Waals surface area contributed by atoms with Crippen LogP contribution in [0.3, 0.4) is 0 Å². The van der Waals surface area contributed by atoms with E-state index in [1.807, 2.05) is 0 Å². The van der Waals surface area contributed by atoms with Crippen LogP contribution in [-0.2, 0) is 12.1 Å². The first kappa shape index (κ1) is 10.1. The molecule has 0 atom stereocenters. The van der Waals surface area contributed by atoms with Gasteiger partial charge in [-0.25, -0.2) is 0 Å². The Kier molecular flexibility index (Phi) is 2.66. The average molecular weight is 212 g/mol. The van der Waals surface area contributed by atoms with Gasteiger partial charge in [-0.3, -0.25) is 4.79 Å². The Morgan fingerprint density at radius 2 is 2.00 bits per heavy atom. The van der Waals surface area contributed by atoms with Crippen LogP contribution in [0, 0.1) is 0 Å². The fraction of sp³-hybridized carbons (Fsp3) is 0.286. The third-order valence-electron chi connectivity index (χ3n) is 1.44. The smallest absolute Gasteiger partial charge is 0.318 e. The molecule has 2 nitrogen and oxygen atoms in total. The molecule has 0 aliphatic heterocycles. The highest BCUT2D eigenvalue weighted by Crippen LogP contribution is 2.26. The summed E-state index contributed by atoms with van der Waals surface area (Å²) in [6.45, 7) is 0. The molecule has 1 aromatic rings. The Bertz CT molecular complexity index is 357. The minimum atomic E-state index is -4.52. The van der Waals surface area contributed by atoms with Gasteiger partial charge in [-0.1, -0.05) is 6.07 Å². The first-order valence-corrected chi connectivity index (χ1v) is 3.84. The number of hydrogen-bond donors (Lipinski definition) is 1. The summed E-state index contributed by atoms with van der Waals surface area (Å²) in [5.41, 5.74) is -1.74. The lowest BCUT2D eigenvalue weighted by atomic mass is 10.2. The zero-order valence-corrected chi connectivity index (χ0v) is 7.04. The summed E-state index contributed by atoms with van der Waals surface area (Å²) in [6, 6.07) is 1.85. The second-order valence-electron chi connectivity index (χ2n) is 2.36. The summed E-state index contributed by atoms with van der Waals surface area (Å²) in [5, 5.41) is 0. The predicted octanol–water partition coefficient (Wildman–Crippen LogP) is 2.13. The summed E-state index contributed by atoms with van der Waals surface area (Å²) in [4.78, 5) is 12.6. The fourth-order valence-corrected chi connectivity index (χ4v) is 0.985. The van der Waals surface area contributed by atoms with E-state index in [0.29, 0.717) is 0 Å². The molecular formula is C7H5ClF3NO. The summed E-state index contributed by atoms with van der Waals surface area (Å²) < 4.78 is 36.0. The summed E-state index contributed by atoms with van der Waals surface area (Å²) in [5.74, 6) is -0.104. The van der Waals surface area contributed by atoms with Crippen LogP contribution in [0.1, 0.15) is 11.3 Å². The van der Waals surface area contributed by atoms with E-state index in [4.69, 9.17) is 11.6 Å². The van der Waals surface area contributed by atoms with Crippen LogP contribution in [0.15, 0.2) is 16.9 Å². The van der Waals surface area contributed by atoms with Gasteiger partial charge in [-0.05, 0) is 6.07 Å². The average Bonchev–Trinajstić information content (AvgIpc) is 2.02. The van der Waals surface area contributed by atoms with Crippen molar-refractivity contribution in [3.63, 3.8) is 0 Å². The quantitative estimate of drug-likeness (QED) is 0.710. The molecule has 0 spiro atoms. The molecular weight excluding hydrogens is 207 g/mol. The van der Waals surface area contributed by atoms with E-state index in [2.05, 4.69) is 0 Å². The maximum Gasteiger partial charge on any atom is 0.431 e. The van der Waals surface area contributed by atoms with Crippen molar-refractivity contribution < 1.29 is 13.2 Å². The van der Waals surface area contributed by atoms with Crippen LogP contribution < -0.4 is 5.56 Å².